The second-order valence-corrected chi connectivity index (χ2v) is 9.49. The first-order valence-electron chi connectivity index (χ1n) is 12.3. The SMILES string of the molecule is CN(C)CC1CN(CCCOC(=O)/C=C/C(=O)OCCCN2CCOC(CN(C)C)C2)CCO1.Cl. The highest BCUT2D eigenvalue weighted by atomic mass is 35.5. The van der Waals surface area contributed by atoms with E-state index < -0.39 is 11.9 Å². The molecule has 2 aliphatic heterocycles. The molecule has 204 valence electrons. The monoisotopic (exact) mass is 520 g/mol. The fraction of sp³-hybridized carbons (Fsp3) is 0.833. The maximum atomic E-state index is 11.8. The number of nitrogens with zero attached hydrogens (tertiary/aromatic N) is 4. The lowest BCUT2D eigenvalue weighted by molar-refractivity contribution is -0.140. The van der Waals surface area contributed by atoms with E-state index in [9.17, 15) is 9.59 Å². The Balaban J connectivity index is 0.00000612. The molecule has 2 saturated heterocycles. The molecule has 0 aromatic rings. The molecule has 2 fully saturated rings. The van der Waals surface area contributed by atoms with Gasteiger partial charge in [-0.3, -0.25) is 9.80 Å². The van der Waals surface area contributed by atoms with E-state index in [1.165, 1.54) is 0 Å². The molecular formula is C24H45ClN4O6. The minimum absolute atomic E-state index is 0. The van der Waals surface area contributed by atoms with Crippen LogP contribution in [0.25, 0.3) is 0 Å². The van der Waals surface area contributed by atoms with E-state index >= 15 is 0 Å². The van der Waals surface area contributed by atoms with Crippen LogP contribution >= 0.6 is 12.4 Å². The number of morpholine rings is 2. The highest BCUT2D eigenvalue weighted by molar-refractivity contribution is 5.91. The van der Waals surface area contributed by atoms with Crippen LogP contribution in [-0.4, -0.2) is 151 Å². The summed E-state index contributed by atoms with van der Waals surface area (Å²) in [6.07, 6.45) is 4.20. The number of carbonyl (C=O) groups excluding carboxylic acids is 2. The molecule has 0 N–H and O–H groups in total. The fourth-order valence-electron chi connectivity index (χ4n) is 4.16. The average molecular weight is 521 g/mol. The Morgan fingerprint density at radius 1 is 0.800 bits per heavy atom. The van der Waals surface area contributed by atoms with Gasteiger partial charge in [-0.2, -0.15) is 0 Å². The number of esters is 2. The molecule has 2 rings (SSSR count). The maximum absolute atomic E-state index is 11.8. The summed E-state index contributed by atoms with van der Waals surface area (Å²) in [5, 5.41) is 0. The molecule has 11 heteroatoms. The van der Waals surface area contributed by atoms with Gasteiger partial charge in [-0.05, 0) is 41.0 Å². The van der Waals surface area contributed by atoms with Crippen molar-refractivity contribution in [3.05, 3.63) is 12.2 Å². The van der Waals surface area contributed by atoms with Gasteiger partial charge < -0.3 is 28.7 Å². The third kappa shape index (κ3) is 14.8. The minimum Gasteiger partial charge on any atom is -0.462 e. The molecule has 2 unspecified atom stereocenters. The number of halogens is 1. The van der Waals surface area contributed by atoms with Gasteiger partial charge in [0.1, 0.15) is 0 Å². The van der Waals surface area contributed by atoms with Crippen molar-refractivity contribution in [2.24, 2.45) is 0 Å². The van der Waals surface area contributed by atoms with Crippen LogP contribution < -0.4 is 0 Å². The number of hydrogen-bond acceptors (Lipinski definition) is 10. The van der Waals surface area contributed by atoms with Gasteiger partial charge in [-0.25, -0.2) is 9.59 Å². The lowest BCUT2D eigenvalue weighted by Crippen LogP contribution is -2.46. The fourth-order valence-corrected chi connectivity index (χ4v) is 4.16. The second kappa shape index (κ2) is 18.0. The Labute approximate surface area is 216 Å². The van der Waals surface area contributed by atoms with E-state index in [1.807, 2.05) is 28.2 Å². The van der Waals surface area contributed by atoms with Crippen molar-refractivity contribution < 1.29 is 28.5 Å². The van der Waals surface area contributed by atoms with Crippen molar-refractivity contribution in [1.29, 1.82) is 0 Å². The first kappa shape index (κ1) is 31.8. The summed E-state index contributed by atoms with van der Waals surface area (Å²) in [4.78, 5) is 32.6. The lowest BCUT2D eigenvalue weighted by Gasteiger charge is -2.34. The van der Waals surface area contributed by atoms with Crippen molar-refractivity contribution in [3.8, 4) is 0 Å². The van der Waals surface area contributed by atoms with E-state index in [4.69, 9.17) is 18.9 Å². The van der Waals surface area contributed by atoms with Crippen LogP contribution in [0.1, 0.15) is 12.8 Å². The largest absolute Gasteiger partial charge is 0.462 e. The zero-order chi connectivity index (χ0) is 24.8. The normalized spacial score (nSPS) is 21.9. The summed E-state index contributed by atoms with van der Waals surface area (Å²) in [5.74, 6) is -1.05. The van der Waals surface area contributed by atoms with Gasteiger partial charge >= 0.3 is 11.9 Å². The van der Waals surface area contributed by atoms with Crippen LogP contribution in [0.5, 0.6) is 0 Å². The van der Waals surface area contributed by atoms with E-state index in [0.29, 0.717) is 13.2 Å². The van der Waals surface area contributed by atoms with E-state index in [0.717, 1.165) is 90.6 Å². The van der Waals surface area contributed by atoms with Crippen LogP contribution in [-0.2, 0) is 28.5 Å². The molecule has 35 heavy (non-hydrogen) atoms. The number of rotatable bonds is 14. The highest BCUT2D eigenvalue weighted by Crippen LogP contribution is 2.08. The Hall–Kier alpha value is -1.27. The van der Waals surface area contributed by atoms with Crippen molar-refractivity contribution in [3.63, 3.8) is 0 Å². The first-order chi connectivity index (χ1) is 16.3. The standard InChI is InChI=1S/C24H44N4O6.ClH/c1-25(2)17-21-19-27(11-15-31-21)9-5-13-33-23(29)7-8-24(30)34-14-6-10-28-12-16-32-22(20-28)18-26(3)4;/h7-8,21-22H,5-6,9-20H2,1-4H3;1H/b8-7+;. The zero-order valence-electron chi connectivity index (χ0n) is 21.9. The maximum Gasteiger partial charge on any atom is 0.331 e. The summed E-state index contributed by atoms with van der Waals surface area (Å²) >= 11 is 0. The van der Waals surface area contributed by atoms with Crippen LogP contribution in [0.3, 0.4) is 0 Å². The lowest BCUT2D eigenvalue weighted by atomic mass is 10.2. The number of hydrogen-bond donors (Lipinski definition) is 0. The van der Waals surface area contributed by atoms with Gasteiger partial charge in [0.15, 0.2) is 0 Å². The predicted molar refractivity (Wildman–Crippen MR) is 137 cm³/mol. The van der Waals surface area contributed by atoms with Crippen molar-refractivity contribution in [2.75, 3.05) is 107 Å². The quantitative estimate of drug-likeness (QED) is 0.182. The molecule has 0 bridgehead atoms. The summed E-state index contributed by atoms with van der Waals surface area (Å²) in [7, 11) is 8.16. The van der Waals surface area contributed by atoms with Crippen LogP contribution in [0.15, 0.2) is 12.2 Å². The Kier molecular flexibility index (Phi) is 16.4. The molecular weight excluding hydrogens is 476 g/mol. The van der Waals surface area contributed by atoms with Gasteiger partial charge in [-0.1, -0.05) is 0 Å². The van der Waals surface area contributed by atoms with Gasteiger partial charge in [0.2, 0.25) is 0 Å². The summed E-state index contributed by atoms with van der Waals surface area (Å²) in [6, 6.07) is 0. The van der Waals surface area contributed by atoms with E-state index in [-0.39, 0.29) is 24.6 Å². The number of carbonyl (C=O) groups is 2. The molecule has 0 spiro atoms. The molecule has 0 radical (unpaired) electrons. The van der Waals surface area contributed by atoms with Crippen molar-refractivity contribution in [1.82, 2.24) is 19.6 Å². The van der Waals surface area contributed by atoms with Gasteiger partial charge in [-0.15, -0.1) is 12.4 Å². The van der Waals surface area contributed by atoms with Gasteiger partial charge in [0, 0.05) is 64.5 Å². The summed E-state index contributed by atoms with van der Waals surface area (Å²) < 4.78 is 21.9. The molecule has 0 amide bonds. The zero-order valence-corrected chi connectivity index (χ0v) is 22.7. The number of likely N-dealkylation sites (N-methyl/N-ethyl adjacent to an activating group) is 2. The summed E-state index contributed by atoms with van der Waals surface area (Å²) in [6.45, 7) is 9.17. The third-order valence-electron chi connectivity index (χ3n) is 5.66. The molecule has 0 aliphatic carbocycles. The minimum atomic E-state index is -0.523. The van der Waals surface area contributed by atoms with E-state index in [1.54, 1.807) is 0 Å². The second-order valence-electron chi connectivity index (χ2n) is 9.49. The van der Waals surface area contributed by atoms with E-state index in [2.05, 4.69) is 19.6 Å². The Morgan fingerprint density at radius 2 is 1.20 bits per heavy atom. The molecule has 0 aromatic heterocycles. The molecule has 10 nitrogen and oxygen atoms in total. The van der Waals surface area contributed by atoms with Crippen molar-refractivity contribution >= 4 is 24.3 Å². The average Bonchev–Trinajstić information content (AvgIpc) is 2.78. The third-order valence-corrected chi connectivity index (χ3v) is 5.66. The smallest absolute Gasteiger partial charge is 0.331 e. The van der Waals surface area contributed by atoms with Crippen LogP contribution in [0.4, 0.5) is 0 Å². The predicted octanol–water partition coefficient (Wildman–Crippen LogP) is 0.356. The Morgan fingerprint density at radius 3 is 1.57 bits per heavy atom. The highest BCUT2D eigenvalue weighted by Gasteiger charge is 2.21. The van der Waals surface area contributed by atoms with Crippen LogP contribution in [0, 0.1) is 0 Å². The molecule has 2 atom stereocenters. The first-order valence-corrected chi connectivity index (χ1v) is 12.3. The van der Waals surface area contributed by atoms with Gasteiger partial charge in [0.25, 0.3) is 0 Å². The van der Waals surface area contributed by atoms with Gasteiger partial charge in [0.05, 0.1) is 38.6 Å². The molecule has 2 aliphatic rings. The van der Waals surface area contributed by atoms with Crippen LogP contribution in [0.2, 0.25) is 0 Å². The topological polar surface area (TPSA) is 84.0 Å². The summed E-state index contributed by atoms with van der Waals surface area (Å²) in [5.41, 5.74) is 0. The van der Waals surface area contributed by atoms with Crippen molar-refractivity contribution in [2.45, 2.75) is 25.0 Å². The Bertz CT molecular complexity index is 585. The molecule has 0 aromatic carbocycles. The molecule has 2 heterocycles. The number of ether oxygens (including phenoxy) is 4. The molecule has 0 saturated carbocycles.